The van der Waals surface area contributed by atoms with Crippen molar-refractivity contribution in [3.63, 3.8) is 0 Å². The first-order valence-corrected chi connectivity index (χ1v) is 18.7. The first kappa shape index (κ1) is 31.8. The lowest BCUT2D eigenvalue weighted by atomic mass is 10.0. The maximum Gasteiger partial charge on any atom is 0.182 e. The Kier molecular flexibility index (Phi) is 7.38. The van der Waals surface area contributed by atoms with Gasteiger partial charge >= 0.3 is 0 Å². The van der Waals surface area contributed by atoms with E-state index in [1.165, 1.54) is 43.7 Å². The lowest BCUT2D eigenvalue weighted by Crippen LogP contribution is -2.01. The molecule has 4 aromatic heterocycles. The van der Waals surface area contributed by atoms with Gasteiger partial charge in [0.2, 0.25) is 0 Å². The standard InChI is InChI=1S/C50H32N6/c1-3-14-33(15-4-1)48-52-49(54-50(53-48)43-22-11-12-29-51-43)36-16-13-19-38(30-36)56-45-24-10-8-21-40(45)42-32-35(26-28-47(42)56)34-25-27-46-41(31-34)39-20-7-9-23-44(39)55(46)37-17-5-2-6-18-37/h1-32H. The third-order valence-corrected chi connectivity index (χ3v) is 10.6. The van der Waals surface area contributed by atoms with Crippen LogP contribution in [0.2, 0.25) is 0 Å². The molecule has 11 aromatic rings. The summed E-state index contributed by atoms with van der Waals surface area (Å²) in [7, 11) is 0. The highest BCUT2D eigenvalue weighted by Crippen LogP contribution is 2.38. The molecule has 0 saturated heterocycles. The summed E-state index contributed by atoms with van der Waals surface area (Å²) in [5.41, 5.74) is 11.7. The largest absolute Gasteiger partial charge is 0.309 e. The van der Waals surface area contributed by atoms with Crippen molar-refractivity contribution in [3.05, 3.63) is 194 Å². The minimum atomic E-state index is 0.534. The molecule has 4 heterocycles. The molecule has 0 aliphatic rings. The molecule has 0 atom stereocenters. The second kappa shape index (κ2) is 13.0. The van der Waals surface area contributed by atoms with Crippen molar-refractivity contribution >= 4 is 43.6 Å². The summed E-state index contributed by atoms with van der Waals surface area (Å²) in [6, 6.07) is 65.9. The van der Waals surface area contributed by atoms with E-state index in [1.807, 2.05) is 48.5 Å². The highest BCUT2D eigenvalue weighted by Gasteiger charge is 2.18. The number of benzene rings is 7. The van der Waals surface area contributed by atoms with Gasteiger partial charge in [-0.1, -0.05) is 115 Å². The van der Waals surface area contributed by atoms with Gasteiger partial charge in [-0.2, -0.15) is 0 Å². The molecule has 11 rings (SSSR count). The van der Waals surface area contributed by atoms with Gasteiger partial charge in [0.05, 0.1) is 22.1 Å². The zero-order chi connectivity index (χ0) is 37.0. The Labute approximate surface area is 322 Å². The summed E-state index contributed by atoms with van der Waals surface area (Å²) >= 11 is 0. The van der Waals surface area contributed by atoms with Crippen LogP contribution in [-0.2, 0) is 0 Å². The predicted molar refractivity (Wildman–Crippen MR) is 228 cm³/mol. The number of pyridine rings is 1. The fourth-order valence-electron chi connectivity index (χ4n) is 8.05. The molecule has 7 aromatic carbocycles. The molecule has 0 unspecified atom stereocenters. The average Bonchev–Trinajstić information content (AvgIpc) is 3.79. The summed E-state index contributed by atoms with van der Waals surface area (Å²) in [6.45, 7) is 0. The number of nitrogens with zero attached hydrogens (tertiary/aromatic N) is 6. The van der Waals surface area contributed by atoms with Crippen LogP contribution in [0.5, 0.6) is 0 Å². The van der Waals surface area contributed by atoms with Crippen molar-refractivity contribution < 1.29 is 0 Å². The average molecular weight is 717 g/mol. The van der Waals surface area contributed by atoms with Crippen LogP contribution in [0, 0.1) is 0 Å². The molecular weight excluding hydrogens is 685 g/mol. The van der Waals surface area contributed by atoms with Crippen molar-refractivity contribution in [2.75, 3.05) is 0 Å². The minimum absolute atomic E-state index is 0.534. The van der Waals surface area contributed by atoms with Crippen molar-refractivity contribution in [1.82, 2.24) is 29.1 Å². The van der Waals surface area contributed by atoms with E-state index in [2.05, 4.69) is 154 Å². The third-order valence-electron chi connectivity index (χ3n) is 10.6. The summed E-state index contributed by atoms with van der Waals surface area (Å²) in [6.07, 6.45) is 1.76. The Morgan fingerprint density at radius 1 is 0.304 bits per heavy atom. The van der Waals surface area contributed by atoms with Crippen LogP contribution >= 0.6 is 0 Å². The van der Waals surface area contributed by atoms with Gasteiger partial charge in [0.1, 0.15) is 5.69 Å². The van der Waals surface area contributed by atoms with Gasteiger partial charge in [-0.15, -0.1) is 0 Å². The molecule has 0 N–H and O–H groups in total. The van der Waals surface area contributed by atoms with Crippen molar-refractivity contribution in [3.8, 4) is 56.8 Å². The van der Waals surface area contributed by atoms with Crippen LogP contribution in [0.25, 0.3) is 100 Å². The molecule has 0 bridgehead atoms. The van der Waals surface area contributed by atoms with E-state index in [1.54, 1.807) is 6.20 Å². The smallest absolute Gasteiger partial charge is 0.182 e. The van der Waals surface area contributed by atoms with Crippen LogP contribution in [0.1, 0.15) is 0 Å². The van der Waals surface area contributed by atoms with E-state index >= 15 is 0 Å². The van der Waals surface area contributed by atoms with Gasteiger partial charge in [-0.3, -0.25) is 4.98 Å². The quantitative estimate of drug-likeness (QED) is 0.172. The summed E-state index contributed by atoms with van der Waals surface area (Å²) in [5, 5.41) is 4.87. The van der Waals surface area contributed by atoms with E-state index in [9.17, 15) is 0 Å². The van der Waals surface area contributed by atoms with Crippen molar-refractivity contribution in [1.29, 1.82) is 0 Å². The summed E-state index contributed by atoms with van der Waals surface area (Å²) < 4.78 is 4.70. The zero-order valence-electron chi connectivity index (χ0n) is 30.2. The predicted octanol–water partition coefficient (Wildman–Crippen LogP) is 12.1. The second-order valence-electron chi connectivity index (χ2n) is 13.9. The van der Waals surface area contributed by atoms with E-state index in [4.69, 9.17) is 15.0 Å². The number of fused-ring (bicyclic) bond motifs is 6. The van der Waals surface area contributed by atoms with Gasteiger partial charge in [0.25, 0.3) is 0 Å². The normalized spacial score (nSPS) is 11.6. The fourth-order valence-corrected chi connectivity index (χ4v) is 8.05. The minimum Gasteiger partial charge on any atom is -0.309 e. The first-order valence-electron chi connectivity index (χ1n) is 18.7. The lowest BCUT2D eigenvalue weighted by molar-refractivity contribution is 1.06. The molecule has 0 radical (unpaired) electrons. The molecule has 6 heteroatoms. The molecular formula is C50H32N6. The van der Waals surface area contributed by atoms with Crippen LogP contribution < -0.4 is 0 Å². The monoisotopic (exact) mass is 716 g/mol. The number of rotatable bonds is 6. The van der Waals surface area contributed by atoms with Gasteiger partial charge < -0.3 is 9.13 Å². The van der Waals surface area contributed by atoms with Crippen molar-refractivity contribution in [2.45, 2.75) is 0 Å². The number of hydrogen-bond donors (Lipinski definition) is 0. The summed E-state index contributed by atoms with van der Waals surface area (Å²) in [4.78, 5) is 19.3. The van der Waals surface area contributed by atoms with Crippen LogP contribution in [0.3, 0.4) is 0 Å². The number of para-hydroxylation sites is 3. The highest BCUT2D eigenvalue weighted by atomic mass is 15.0. The van der Waals surface area contributed by atoms with Gasteiger partial charge in [0, 0.05) is 50.2 Å². The van der Waals surface area contributed by atoms with E-state index in [0.29, 0.717) is 23.2 Å². The Hall–Kier alpha value is -7.70. The van der Waals surface area contributed by atoms with Crippen LogP contribution in [-0.4, -0.2) is 29.1 Å². The fraction of sp³-hybridized carbons (Fsp3) is 0. The summed E-state index contributed by atoms with van der Waals surface area (Å²) in [5.74, 6) is 1.73. The lowest BCUT2D eigenvalue weighted by Gasteiger charge is -2.11. The Balaban J connectivity index is 1.05. The zero-order valence-corrected chi connectivity index (χ0v) is 30.2. The maximum atomic E-state index is 4.99. The maximum absolute atomic E-state index is 4.99. The van der Waals surface area contributed by atoms with Crippen LogP contribution in [0.15, 0.2) is 194 Å². The van der Waals surface area contributed by atoms with E-state index < -0.39 is 0 Å². The molecule has 0 saturated carbocycles. The SMILES string of the molecule is c1ccc(-c2nc(-c3cccc(-n4c5ccccc5c5cc(-c6ccc7c(c6)c6ccccc6n7-c6ccccc6)ccc54)c3)nc(-c3ccccn3)n2)cc1. The Bertz CT molecular complexity index is 3180. The number of aromatic nitrogens is 6. The molecule has 56 heavy (non-hydrogen) atoms. The van der Waals surface area contributed by atoms with Crippen molar-refractivity contribution in [2.24, 2.45) is 0 Å². The topological polar surface area (TPSA) is 61.4 Å². The van der Waals surface area contributed by atoms with E-state index in [0.717, 1.165) is 33.5 Å². The van der Waals surface area contributed by atoms with Gasteiger partial charge in [-0.25, -0.2) is 15.0 Å². The van der Waals surface area contributed by atoms with E-state index in [-0.39, 0.29) is 0 Å². The molecule has 0 spiro atoms. The highest BCUT2D eigenvalue weighted by molar-refractivity contribution is 6.12. The Morgan fingerprint density at radius 2 is 0.804 bits per heavy atom. The van der Waals surface area contributed by atoms with Crippen LogP contribution in [0.4, 0.5) is 0 Å². The second-order valence-corrected chi connectivity index (χ2v) is 13.9. The number of hydrogen-bond acceptors (Lipinski definition) is 4. The molecule has 0 amide bonds. The molecule has 6 nitrogen and oxygen atoms in total. The Morgan fingerprint density at radius 3 is 1.45 bits per heavy atom. The molecule has 0 aliphatic heterocycles. The molecule has 0 fully saturated rings. The molecule has 0 aliphatic carbocycles. The van der Waals surface area contributed by atoms with Gasteiger partial charge in [-0.05, 0) is 83.9 Å². The third kappa shape index (κ3) is 5.27. The van der Waals surface area contributed by atoms with Gasteiger partial charge in [0.15, 0.2) is 17.5 Å². The molecule has 262 valence electrons. The first-order chi connectivity index (χ1) is 27.8.